The zero-order chi connectivity index (χ0) is 23.3. The number of aromatic nitrogens is 3. The molecule has 0 saturated heterocycles. The molecule has 33 heavy (non-hydrogen) atoms. The molecule has 0 fully saturated rings. The van der Waals surface area contributed by atoms with Crippen LogP contribution < -0.4 is 4.74 Å². The number of nitrogens with zero attached hydrogens (tertiary/aromatic N) is 3. The molecular weight excluding hydrogens is 454 g/mol. The van der Waals surface area contributed by atoms with E-state index in [-0.39, 0.29) is 5.75 Å². The van der Waals surface area contributed by atoms with Gasteiger partial charge < -0.3 is 4.74 Å². The minimum Gasteiger partial charge on any atom is -0.494 e. The number of thioether (sulfide) groups is 1. The number of ether oxygens (including phenoxy) is 1. The van der Waals surface area contributed by atoms with E-state index < -0.39 is 9.84 Å². The molecular formula is C25H25N3O3S2. The summed E-state index contributed by atoms with van der Waals surface area (Å²) in [6.45, 7) is 4.57. The molecule has 0 radical (unpaired) electrons. The van der Waals surface area contributed by atoms with Gasteiger partial charge in [0.25, 0.3) is 0 Å². The first-order valence-electron chi connectivity index (χ1n) is 10.6. The molecule has 0 aliphatic carbocycles. The molecule has 1 aromatic heterocycles. The highest BCUT2D eigenvalue weighted by Gasteiger charge is 2.19. The third-order valence-corrected chi connectivity index (χ3v) is 7.92. The Morgan fingerprint density at radius 1 is 0.939 bits per heavy atom. The Morgan fingerprint density at radius 3 is 2.39 bits per heavy atom. The molecule has 0 N–H and O–H groups in total. The lowest BCUT2D eigenvalue weighted by atomic mass is 10.1. The van der Waals surface area contributed by atoms with Crippen molar-refractivity contribution in [2.24, 2.45) is 0 Å². The van der Waals surface area contributed by atoms with E-state index in [9.17, 15) is 8.42 Å². The summed E-state index contributed by atoms with van der Waals surface area (Å²) in [5, 5.41) is 9.48. The monoisotopic (exact) mass is 479 g/mol. The van der Waals surface area contributed by atoms with Gasteiger partial charge in [-0.25, -0.2) is 8.42 Å². The molecule has 4 rings (SSSR count). The van der Waals surface area contributed by atoms with E-state index in [1.54, 1.807) is 30.3 Å². The van der Waals surface area contributed by atoms with Crippen LogP contribution >= 0.6 is 11.8 Å². The summed E-state index contributed by atoms with van der Waals surface area (Å²) in [5.41, 5.74) is 2.95. The van der Waals surface area contributed by atoms with Crippen LogP contribution in [0, 0.1) is 6.92 Å². The third-order valence-electron chi connectivity index (χ3n) is 5.00. The topological polar surface area (TPSA) is 74.1 Å². The minimum absolute atomic E-state index is 0.0115. The molecule has 0 saturated carbocycles. The zero-order valence-corrected chi connectivity index (χ0v) is 20.1. The van der Waals surface area contributed by atoms with E-state index >= 15 is 0 Å². The van der Waals surface area contributed by atoms with E-state index in [2.05, 4.69) is 16.3 Å². The van der Waals surface area contributed by atoms with Crippen molar-refractivity contribution in [3.8, 4) is 22.8 Å². The first-order chi connectivity index (χ1) is 16.0. The van der Waals surface area contributed by atoms with Gasteiger partial charge in [-0.1, -0.05) is 53.7 Å². The van der Waals surface area contributed by atoms with E-state index in [1.807, 2.05) is 60.9 Å². The molecule has 170 valence electrons. The van der Waals surface area contributed by atoms with Crippen molar-refractivity contribution in [2.75, 3.05) is 18.1 Å². The Labute approximate surface area is 198 Å². The van der Waals surface area contributed by atoms with Crippen molar-refractivity contribution in [2.45, 2.75) is 23.9 Å². The fraction of sp³-hybridized carbons (Fsp3) is 0.200. The van der Waals surface area contributed by atoms with Crippen molar-refractivity contribution >= 4 is 21.6 Å². The number of aryl methyl sites for hydroxylation is 1. The van der Waals surface area contributed by atoms with Gasteiger partial charge in [0.15, 0.2) is 20.8 Å². The molecule has 0 amide bonds. The quantitative estimate of drug-likeness (QED) is 0.307. The lowest BCUT2D eigenvalue weighted by Gasteiger charge is -2.12. The lowest BCUT2D eigenvalue weighted by Crippen LogP contribution is -2.09. The summed E-state index contributed by atoms with van der Waals surface area (Å²) in [6.07, 6.45) is 0. The van der Waals surface area contributed by atoms with Gasteiger partial charge in [0, 0.05) is 17.0 Å². The van der Waals surface area contributed by atoms with Gasteiger partial charge in [-0.3, -0.25) is 4.57 Å². The molecule has 8 heteroatoms. The number of hydrogen-bond acceptors (Lipinski definition) is 6. The van der Waals surface area contributed by atoms with E-state index in [0.717, 1.165) is 22.6 Å². The Morgan fingerprint density at radius 2 is 1.70 bits per heavy atom. The maximum atomic E-state index is 12.7. The summed E-state index contributed by atoms with van der Waals surface area (Å²) >= 11 is 1.38. The van der Waals surface area contributed by atoms with E-state index in [0.29, 0.717) is 28.2 Å². The predicted octanol–water partition coefficient (Wildman–Crippen LogP) is 5.21. The summed E-state index contributed by atoms with van der Waals surface area (Å²) in [6, 6.07) is 24.3. The molecule has 6 nitrogen and oxygen atoms in total. The summed E-state index contributed by atoms with van der Waals surface area (Å²) in [4.78, 5) is 0.332. The predicted molar refractivity (Wildman–Crippen MR) is 132 cm³/mol. The molecule has 4 aromatic rings. The van der Waals surface area contributed by atoms with Gasteiger partial charge in [0.05, 0.1) is 17.3 Å². The normalized spacial score (nSPS) is 11.5. The molecule has 0 atom stereocenters. The maximum absolute atomic E-state index is 12.7. The van der Waals surface area contributed by atoms with Crippen molar-refractivity contribution < 1.29 is 13.2 Å². The first-order valence-corrected chi connectivity index (χ1v) is 13.3. The van der Waals surface area contributed by atoms with Crippen LogP contribution in [0.4, 0.5) is 0 Å². The Hall–Kier alpha value is -3.10. The number of rotatable bonds is 9. The molecule has 1 heterocycles. The lowest BCUT2D eigenvalue weighted by molar-refractivity contribution is 0.340. The molecule has 0 aliphatic rings. The Balaban J connectivity index is 1.64. The molecule has 3 aromatic carbocycles. The second-order valence-electron chi connectivity index (χ2n) is 7.42. The van der Waals surface area contributed by atoms with Gasteiger partial charge in [0.1, 0.15) is 5.75 Å². The van der Waals surface area contributed by atoms with E-state index in [1.165, 1.54) is 11.8 Å². The smallest absolute Gasteiger partial charge is 0.196 e. The van der Waals surface area contributed by atoms with Crippen LogP contribution in [0.15, 0.2) is 88.9 Å². The summed E-state index contributed by atoms with van der Waals surface area (Å²) < 4.78 is 32.9. The highest BCUT2D eigenvalue weighted by Crippen LogP contribution is 2.29. The first kappa shape index (κ1) is 23.1. The van der Waals surface area contributed by atoms with Crippen LogP contribution in [0.1, 0.15) is 12.5 Å². The van der Waals surface area contributed by atoms with Crippen molar-refractivity contribution in [1.29, 1.82) is 0 Å². The number of sulfone groups is 1. The average molecular weight is 480 g/mol. The van der Waals surface area contributed by atoms with Crippen LogP contribution in [0.3, 0.4) is 0 Å². The summed E-state index contributed by atoms with van der Waals surface area (Å²) in [5.74, 6) is 1.86. The van der Waals surface area contributed by atoms with Gasteiger partial charge in [0.2, 0.25) is 0 Å². The Kier molecular flexibility index (Phi) is 7.15. The second kappa shape index (κ2) is 10.2. The van der Waals surface area contributed by atoms with Crippen molar-refractivity contribution in [3.63, 3.8) is 0 Å². The molecule has 0 unspecified atom stereocenters. The summed E-state index contributed by atoms with van der Waals surface area (Å²) in [7, 11) is -3.37. The largest absolute Gasteiger partial charge is 0.494 e. The number of benzene rings is 3. The van der Waals surface area contributed by atoms with Gasteiger partial charge in [-0.2, -0.15) is 0 Å². The fourth-order valence-electron chi connectivity index (χ4n) is 3.41. The van der Waals surface area contributed by atoms with Crippen molar-refractivity contribution in [3.05, 3.63) is 84.4 Å². The highest BCUT2D eigenvalue weighted by molar-refractivity contribution is 8.00. The molecule has 0 bridgehead atoms. The molecule has 0 aliphatic heterocycles. The van der Waals surface area contributed by atoms with Gasteiger partial charge >= 0.3 is 0 Å². The molecule has 0 spiro atoms. The van der Waals surface area contributed by atoms with Gasteiger partial charge in [-0.15, -0.1) is 10.2 Å². The van der Waals surface area contributed by atoms with Crippen LogP contribution in [-0.4, -0.2) is 41.3 Å². The zero-order valence-electron chi connectivity index (χ0n) is 18.5. The highest BCUT2D eigenvalue weighted by atomic mass is 32.2. The minimum atomic E-state index is -3.37. The van der Waals surface area contributed by atoms with Gasteiger partial charge in [-0.05, 0) is 56.3 Å². The van der Waals surface area contributed by atoms with Crippen LogP contribution in [0.2, 0.25) is 0 Å². The second-order valence-corrected chi connectivity index (χ2v) is 10.6. The third kappa shape index (κ3) is 5.46. The average Bonchev–Trinajstić information content (AvgIpc) is 3.24. The van der Waals surface area contributed by atoms with Crippen LogP contribution in [0.25, 0.3) is 17.1 Å². The van der Waals surface area contributed by atoms with Crippen LogP contribution in [0.5, 0.6) is 5.75 Å². The fourth-order valence-corrected chi connectivity index (χ4v) is 6.03. The maximum Gasteiger partial charge on any atom is 0.196 e. The Bertz CT molecular complexity index is 1320. The standard InChI is InChI=1S/C25H25N3O3S2/c1-3-31-22-14-12-21(13-15-22)28-24(20-9-7-8-19(2)18-20)26-27-25(28)32-16-17-33(29,30)23-10-5-4-6-11-23/h4-15,18H,3,16-17H2,1-2H3. The van der Waals surface area contributed by atoms with Crippen LogP contribution in [-0.2, 0) is 9.84 Å². The van der Waals surface area contributed by atoms with E-state index in [4.69, 9.17) is 4.74 Å². The SMILES string of the molecule is CCOc1ccc(-n2c(SCCS(=O)(=O)c3ccccc3)nnc2-c2cccc(C)c2)cc1. The number of hydrogen-bond donors (Lipinski definition) is 0. The van der Waals surface area contributed by atoms with Crippen molar-refractivity contribution in [1.82, 2.24) is 14.8 Å².